The van der Waals surface area contributed by atoms with Gasteiger partial charge in [-0.3, -0.25) is 5.43 Å². The number of hydroxylamine groups is 2. The smallest absolute Gasteiger partial charge is 0.370 e. The third kappa shape index (κ3) is 2.27. The summed E-state index contributed by atoms with van der Waals surface area (Å²) in [6.45, 7) is 0.883. The van der Waals surface area contributed by atoms with E-state index in [1.165, 1.54) is 0 Å². The molecule has 1 aliphatic rings. The van der Waals surface area contributed by atoms with E-state index in [-0.39, 0.29) is 5.96 Å². The summed E-state index contributed by atoms with van der Waals surface area (Å²) < 4.78 is 24.6. The Hall–Kier alpha value is -0.410. The predicted octanol–water partition coefficient (Wildman–Crippen LogP) is -3.86. The standard InChI is InChI=1S/C3H7BrN4O3/c5-7-3-6-1-2-8(3)11-4(9)10/h1-2,5H2,(H,6,7). The Morgan fingerprint density at radius 2 is 2.45 bits per heavy atom. The number of hydrogen-bond acceptors (Lipinski definition) is 7. The number of nitrogens with zero attached hydrogens (tertiary/aromatic N) is 2. The van der Waals surface area contributed by atoms with Crippen LogP contribution in [0.15, 0.2) is 4.99 Å². The van der Waals surface area contributed by atoms with Crippen LogP contribution >= 0.6 is 0 Å². The molecule has 0 aromatic carbocycles. The van der Waals surface area contributed by atoms with Crippen LogP contribution in [0.2, 0.25) is 0 Å². The number of guanidine groups is 1. The monoisotopic (exact) mass is 226 g/mol. The lowest BCUT2D eigenvalue weighted by atomic mass is 10.7. The Kier molecular flexibility index (Phi) is 3.02. The highest BCUT2D eigenvalue weighted by atomic mass is 80.0. The van der Waals surface area contributed by atoms with Gasteiger partial charge >= 0.3 is 14.8 Å². The first-order valence-electron chi connectivity index (χ1n) is 2.76. The minimum absolute atomic E-state index is 0.236. The summed E-state index contributed by atoms with van der Waals surface area (Å²) in [5.41, 5.74) is 2.21. The van der Waals surface area contributed by atoms with E-state index in [4.69, 9.17) is 5.84 Å². The normalized spacial score (nSPS) is 17.5. The minimum Gasteiger partial charge on any atom is -0.370 e. The predicted molar refractivity (Wildman–Crippen MR) is 27.4 cm³/mol. The van der Waals surface area contributed by atoms with E-state index in [0.29, 0.717) is 13.1 Å². The SMILES string of the molecule is NNC1=NCCN1O[Br+2]([O-])[O-]. The van der Waals surface area contributed by atoms with Crippen molar-refractivity contribution in [1.82, 2.24) is 10.5 Å². The van der Waals surface area contributed by atoms with Crippen molar-refractivity contribution in [3.8, 4) is 0 Å². The van der Waals surface area contributed by atoms with E-state index < -0.39 is 14.8 Å². The van der Waals surface area contributed by atoms with Crippen molar-refractivity contribution in [3.05, 3.63) is 0 Å². The maximum atomic E-state index is 10.1. The largest absolute Gasteiger partial charge is 0.472 e. The van der Waals surface area contributed by atoms with E-state index in [1.807, 2.05) is 0 Å². The van der Waals surface area contributed by atoms with Gasteiger partial charge in [0, 0.05) is 0 Å². The number of hydrogen-bond donors (Lipinski definition) is 2. The molecule has 8 heteroatoms. The van der Waals surface area contributed by atoms with E-state index in [1.54, 1.807) is 0 Å². The summed E-state index contributed by atoms with van der Waals surface area (Å²) in [5.74, 6) is 5.24. The van der Waals surface area contributed by atoms with Crippen LogP contribution < -0.4 is 19.7 Å². The number of nitrogens with one attached hydrogen (secondary N) is 1. The van der Waals surface area contributed by atoms with Crippen LogP contribution in [-0.4, -0.2) is 24.1 Å². The zero-order chi connectivity index (χ0) is 8.27. The van der Waals surface area contributed by atoms with Crippen molar-refractivity contribution < 1.29 is 27.1 Å². The van der Waals surface area contributed by atoms with Gasteiger partial charge in [0.05, 0.1) is 13.1 Å². The lowest BCUT2D eigenvalue weighted by Crippen LogP contribution is -2.47. The van der Waals surface area contributed by atoms with Crippen molar-refractivity contribution in [3.63, 3.8) is 0 Å². The summed E-state index contributed by atoms with van der Waals surface area (Å²) >= 11 is -3.23. The topological polar surface area (TPSA) is 109 Å². The second kappa shape index (κ2) is 3.83. The first-order valence-corrected chi connectivity index (χ1v) is 4.71. The molecular weight excluding hydrogens is 220 g/mol. The summed E-state index contributed by atoms with van der Waals surface area (Å²) in [6, 6.07) is 0. The highest BCUT2D eigenvalue weighted by molar-refractivity contribution is 5.79. The Labute approximate surface area is 68.2 Å². The number of nitrogens with two attached hydrogens (primary N) is 1. The first kappa shape index (κ1) is 8.68. The number of aliphatic imine (C=N–C) groups is 1. The fourth-order valence-corrected chi connectivity index (χ4v) is 1.25. The van der Waals surface area contributed by atoms with Crippen molar-refractivity contribution in [1.29, 1.82) is 0 Å². The highest BCUT2D eigenvalue weighted by Crippen LogP contribution is 1.99. The van der Waals surface area contributed by atoms with Crippen molar-refractivity contribution in [2.75, 3.05) is 13.1 Å². The Morgan fingerprint density at radius 1 is 1.73 bits per heavy atom. The van der Waals surface area contributed by atoms with Crippen LogP contribution in [0.5, 0.6) is 0 Å². The molecule has 0 aromatic heterocycles. The molecule has 0 saturated heterocycles. The molecule has 1 heterocycles. The molecule has 0 aromatic rings. The molecule has 1 aliphatic heterocycles. The van der Waals surface area contributed by atoms with Gasteiger partial charge in [-0.25, -0.2) is 10.8 Å². The van der Waals surface area contributed by atoms with E-state index in [2.05, 4.69) is 14.3 Å². The van der Waals surface area contributed by atoms with Gasteiger partial charge in [-0.05, 0) is 0 Å². The fraction of sp³-hybridized carbons (Fsp3) is 0.667. The summed E-state index contributed by atoms with van der Waals surface area (Å²) in [5, 5.41) is 1.09. The van der Waals surface area contributed by atoms with Gasteiger partial charge in [-0.2, -0.15) is 0 Å². The van der Waals surface area contributed by atoms with Crippen LogP contribution in [0.3, 0.4) is 0 Å². The molecule has 0 radical (unpaired) electrons. The highest BCUT2D eigenvalue weighted by Gasteiger charge is 2.27. The molecule has 0 unspecified atom stereocenters. The van der Waals surface area contributed by atoms with Crippen molar-refractivity contribution in [2.24, 2.45) is 10.8 Å². The second-order valence-electron chi connectivity index (χ2n) is 1.71. The Bertz CT molecular complexity index is 163. The molecule has 0 amide bonds. The van der Waals surface area contributed by atoms with Gasteiger partial charge in [-0.1, -0.05) is 0 Å². The maximum absolute atomic E-state index is 10.1. The molecule has 0 saturated carbocycles. The van der Waals surface area contributed by atoms with Gasteiger partial charge in [0.25, 0.3) is 0 Å². The van der Waals surface area contributed by atoms with Gasteiger partial charge in [0.2, 0.25) is 5.96 Å². The quantitative estimate of drug-likeness (QED) is 0.369. The number of halogens is 1. The van der Waals surface area contributed by atoms with Crippen molar-refractivity contribution >= 4 is 5.96 Å². The van der Waals surface area contributed by atoms with Gasteiger partial charge in [-0.15, -0.1) is 5.06 Å². The molecule has 0 fully saturated rings. The second-order valence-corrected chi connectivity index (χ2v) is 2.79. The summed E-state index contributed by atoms with van der Waals surface area (Å²) in [4.78, 5) is 3.81. The molecule has 11 heavy (non-hydrogen) atoms. The summed E-state index contributed by atoms with van der Waals surface area (Å²) in [6.07, 6.45) is 0. The van der Waals surface area contributed by atoms with Gasteiger partial charge < -0.3 is 8.40 Å². The van der Waals surface area contributed by atoms with Crippen LogP contribution in [0.4, 0.5) is 0 Å². The minimum atomic E-state index is -3.23. The fourth-order valence-electron chi connectivity index (χ4n) is 0.684. The molecule has 0 atom stereocenters. The molecule has 0 spiro atoms. The zero-order valence-electron chi connectivity index (χ0n) is 5.49. The Balaban J connectivity index is 2.40. The van der Waals surface area contributed by atoms with Gasteiger partial charge in [0.1, 0.15) is 3.93 Å². The Morgan fingerprint density at radius 3 is 3.00 bits per heavy atom. The lowest BCUT2D eigenvalue weighted by Gasteiger charge is -2.08. The average Bonchev–Trinajstić information content (AvgIpc) is 2.34. The van der Waals surface area contributed by atoms with Crippen LogP contribution in [0.25, 0.3) is 0 Å². The third-order valence-corrected chi connectivity index (χ3v) is 1.66. The van der Waals surface area contributed by atoms with E-state index in [9.17, 15) is 8.40 Å². The maximum Gasteiger partial charge on any atom is 0.472 e. The molecule has 3 N–H and O–H groups in total. The number of hydrazine groups is 1. The molecule has 0 aliphatic carbocycles. The third-order valence-electron chi connectivity index (χ3n) is 1.07. The molecule has 1 rings (SSSR count). The average molecular weight is 227 g/mol. The molecule has 64 valence electrons. The molecule has 7 nitrogen and oxygen atoms in total. The van der Waals surface area contributed by atoms with Crippen LogP contribution in [0, 0.1) is 14.8 Å². The first-order chi connectivity index (χ1) is 5.24. The number of rotatable bonds is 2. The van der Waals surface area contributed by atoms with Crippen molar-refractivity contribution in [2.45, 2.75) is 0 Å². The summed E-state index contributed by atoms with van der Waals surface area (Å²) in [7, 11) is 0. The van der Waals surface area contributed by atoms with Crippen LogP contribution in [-0.2, 0) is 3.93 Å². The lowest BCUT2D eigenvalue weighted by molar-refractivity contribution is -1.64. The zero-order valence-corrected chi connectivity index (χ0v) is 7.07. The molecule has 0 bridgehead atoms. The molecular formula is C3H7BrN4O3. The van der Waals surface area contributed by atoms with Crippen LogP contribution in [0.1, 0.15) is 0 Å². The van der Waals surface area contributed by atoms with Gasteiger partial charge in [0.15, 0.2) is 0 Å². The van der Waals surface area contributed by atoms with E-state index >= 15 is 0 Å². The van der Waals surface area contributed by atoms with E-state index in [0.717, 1.165) is 5.06 Å².